The van der Waals surface area contributed by atoms with Crippen molar-refractivity contribution in [2.24, 2.45) is 4.99 Å². The second-order valence-corrected chi connectivity index (χ2v) is 10.8. The van der Waals surface area contributed by atoms with Gasteiger partial charge in [-0.3, -0.25) is 9.36 Å². The Balaban J connectivity index is 1.80. The number of aromatic nitrogens is 1. The molecule has 2 aromatic carbocycles. The maximum atomic E-state index is 13.9. The van der Waals surface area contributed by atoms with E-state index in [-0.39, 0.29) is 11.7 Å². The number of unbranched alkanes of at least 4 members (excludes halogenated alkanes) is 2. The number of ether oxygens (including phenoxy) is 4. The van der Waals surface area contributed by atoms with E-state index in [1.54, 1.807) is 51.7 Å². The van der Waals surface area contributed by atoms with Crippen LogP contribution in [0.5, 0.6) is 17.2 Å². The van der Waals surface area contributed by atoms with E-state index in [1.165, 1.54) is 11.3 Å². The van der Waals surface area contributed by atoms with E-state index in [1.807, 2.05) is 36.4 Å². The van der Waals surface area contributed by atoms with Gasteiger partial charge in [0.1, 0.15) is 5.75 Å². The van der Waals surface area contributed by atoms with Gasteiger partial charge in [0.25, 0.3) is 5.56 Å². The average molecular weight is 565 g/mol. The molecule has 0 fully saturated rings. The molecule has 40 heavy (non-hydrogen) atoms. The molecule has 1 aliphatic heterocycles. The number of carbonyl (C=O) groups is 1. The van der Waals surface area contributed by atoms with Crippen LogP contribution in [-0.4, -0.2) is 37.5 Å². The minimum absolute atomic E-state index is 0.245. The van der Waals surface area contributed by atoms with Gasteiger partial charge in [-0.2, -0.15) is 0 Å². The predicted molar refractivity (Wildman–Crippen MR) is 156 cm³/mol. The van der Waals surface area contributed by atoms with Crippen molar-refractivity contribution in [1.82, 2.24) is 4.57 Å². The zero-order valence-electron chi connectivity index (χ0n) is 23.9. The lowest BCUT2D eigenvalue weighted by molar-refractivity contribution is -0.143. The number of hydrogen-bond donors (Lipinski definition) is 0. The van der Waals surface area contributed by atoms with Crippen LogP contribution in [-0.2, 0) is 9.53 Å². The van der Waals surface area contributed by atoms with Gasteiger partial charge in [-0.25, -0.2) is 9.79 Å². The lowest BCUT2D eigenvalue weighted by Gasteiger charge is -2.25. The standard InChI is InChI=1S/C31H36N2O6S/c1-7-8-9-16-38-23-13-11-22(12-14-23)28-27(30(35)39-19(2)3)20(4)32-31-33(28)29(34)26(40-31)18-21-10-15-24(36-5)25(17-21)37-6/h10-15,17-19,28H,7-9,16H2,1-6H3. The smallest absolute Gasteiger partial charge is 0.338 e. The second-order valence-electron chi connectivity index (χ2n) is 9.77. The fourth-order valence-electron chi connectivity index (χ4n) is 4.56. The Kier molecular flexibility index (Phi) is 9.47. The largest absolute Gasteiger partial charge is 0.494 e. The van der Waals surface area contributed by atoms with Crippen molar-refractivity contribution in [3.05, 3.63) is 84.5 Å². The molecule has 1 atom stereocenters. The summed E-state index contributed by atoms with van der Waals surface area (Å²) in [5.74, 6) is 1.42. The van der Waals surface area contributed by atoms with Crippen molar-refractivity contribution >= 4 is 23.4 Å². The summed E-state index contributed by atoms with van der Waals surface area (Å²) in [6, 6.07) is 12.3. The monoisotopic (exact) mass is 564 g/mol. The van der Waals surface area contributed by atoms with Gasteiger partial charge in [-0.05, 0) is 68.7 Å². The summed E-state index contributed by atoms with van der Waals surface area (Å²) < 4.78 is 24.3. The number of hydrogen-bond acceptors (Lipinski definition) is 8. The number of allylic oxidation sites excluding steroid dienone is 1. The van der Waals surface area contributed by atoms with Gasteiger partial charge < -0.3 is 18.9 Å². The predicted octanol–water partition coefficient (Wildman–Crippen LogP) is 4.77. The van der Waals surface area contributed by atoms with Crippen molar-refractivity contribution in [3.63, 3.8) is 0 Å². The summed E-state index contributed by atoms with van der Waals surface area (Å²) in [4.78, 5) is 32.4. The Hall–Kier alpha value is -3.85. The molecule has 0 N–H and O–H groups in total. The fraction of sp³-hybridized carbons (Fsp3) is 0.387. The minimum Gasteiger partial charge on any atom is -0.494 e. The molecule has 0 aliphatic carbocycles. The highest BCUT2D eigenvalue weighted by molar-refractivity contribution is 7.07. The maximum Gasteiger partial charge on any atom is 0.338 e. The van der Waals surface area contributed by atoms with Gasteiger partial charge in [0.2, 0.25) is 0 Å². The highest BCUT2D eigenvalue weighted by Gasteiger charge is 2.33. The molecule has 212 valence electrons. The van der Waals surface area contributed by atoms with Gasteiger partial charge in [0.05, 0.1) is 48.8 Å². The summed E-state index contributed by atoms with van der Waals surface area (Å²) in [6.07, 6.45) is 4.70. The molecular formula is C31H36N2O6S. The molecule has 1 aromatic heterocycles. The molecule has 8 nitrogen and oxygen atoms in total. The average Bonchev–Trinajstić information content (AvgIpc) is 3.24. The molecule has 4 rings (SSSR count). The van der Waals surface area contributed by atoms with Gasteiger partial charge in [-0.15, -0.1) is 0 Å². The zero-order valence-corrected chi connectivity index (χ0v) is 24.7. The van der Waals surface area contributed by atoms with Crippen molar-refractivity contribution in [3.8, 4) is 17.2 Å². The topological polar surface area (TPSA) is 88.4 Å². The summed E-state index contributed by atoms with van der Waals surface area (Å²) in [5, 5.41) is 0. The van der Waals surface area contributed by atoms with Crippen LogP contribution in [0.25, 0.3) is 6.08 Å². The zero-order chi connectivity index (χ0) is 28.8. The van der Waals surface area contributed by atoms with Crippen LogP contribution in [0.3, 0.4) is 0 Å². The minimum atomic E-state index is -0.691. The number of esters is 1. The van der Waals surface area contributed by atoms with Crippen molar-refractivity contribution < 1.29 is 23.7 Å². The molecule has 0 bridgehead atoms. The first-order valence-corrected chi connectivity index (χ1v) is 14.3. The Bertz CT molecular complexity index is 1570. The molecule has 1 unspecified atom stereocenters. The van der Waals surface area contributed by atoms with E-state index in [0.717, 1.165) is 36.1 Å². The molecule has 9 heteroatoms. The van der Waals surface area contributed by atoms with Crippen LogP contribution in [0.2, 0.25) is 0 Å². The van der Waals surface area contributed by atoms with Crippen LogP contribution >= 0.6 is 11.3 Å². The first kappa shape index (κ1) is 29.1. The number of fused-ring (bicyclic) bond motifs is 1. The third-order valence-electron chi connectivity index (χ3n) is 6.50. The number of rotatable bonds is 11. The lowest BCUT2D eigenvalue weighted by Crippen LogP contribution is -2.40. The molecule has 2 heterocycles. The van der Waals surface area contributed by atoms with Crippen molar-refractivity contribution in [2.75, 3.05) is 20.8 Å². The fourth-order valence-corrected chi connectivity index (χ4v) is 5.60. The summed E-state index contributed by atoms with van der Waals surface area (Å²) >= 11 is 1.27. The van der Waals surface area contributed by atoms with Gasteiger partial charge in [0.15, 0.2) is 16.3 Å². The molecule has 3 aromatic rings. The van der Waals surface area contributed by atoms with E-state index in [9.17, 15) is 9.59 Å². The first-order chi connectivity index (χ1) is 19.3. The Morgan fingerprint density at radius 3 is 2.45 bits per heavy atom. The summed E-state index contributed by atoms with van der Waals surface area (Å²) in [5.41, 5.74) is 2.17. The number of carbonyl (C=O) groups excluding carboxylic acids is 1. The lowest BCUT2D eigenvalue weighted by atomic mass is 9.96. The SMILES string of the molecule is CCCCCOc1ccc(C2C(C(=O)OC(C)C)=C(C)N=c3sc(=Cc4ccc(OC)c(OC)c4)c(=O)n32)cc1. The van der Waals surface area contributed by atoms with Crippen molar-refractivity contribution in [1.29, 1.82) is 0 Å². The highest BCUT2D eigenvalue weighted by atomic mass is 32.1. The van der Waals surface area contributed by atoms with E-state index >= 15 is 0 Å². The van der Waals surface area contributed by atoms with Gasteiger partial charge in [-0.1, -0.05) is 49.3 Å². The highest BCUT2D eigenvalue weighted by Crippen LogP contribution is 2.32. The van der Waals surface area contributed by atoms with Crippen molar-refractivity contribution in [2.45, 2.75) is 59.1 Å². The first-order valence-electron chi connectivity index (χ1n) is 13.5. The number of methoxy groups -OCH3 is 2. The molecule has 1 aliphatic rings. The molecule has 0 amide bonds. The van der Waals surface area contributed by atoms with Crippen LogP contribution in [0.1, 0.15) is 64.1 Å². The van der Waals surface area contributed by atoms with E-state index < -0.39 is 12.0 Å². The number of thiazole rings is 1. The quantitative estimate of drug-likeness (QED) is 0.246. The third-order valence-corrected chi connectivity index (χ3v) is 7.49. The Labute approximate surface area is 238 Å². The van der Waals surface area contributed by atoms with E-state index in [2.05, 4.69) is 11.9 Å². The molecular weight excluding hydrogens is 528 g/mol. The third kappa shape index (κ3) is 6.31. The molecule has 0 saturated heterocycles. The van der Waals surface area contributed by atoms with Gasteiger partial charge in [0, 0.05) is 0 Å². The van der Waals surface area contributed by atoms with Crippen LogP contribution in [0, 0.1) is 0 Å². The van der Waals surface area contributed by atoms with Gasteiger partial charge >= 0.3 is 5.97 Å². The number of nitrogens with zero attached hydrogens (tertiary/aromatic N) is 2. The molecule has 0 radical (unpaired) electrons. The van der Waals surface area contributed by atoms with Crippen LogP contribution in [0.4, 0.5) is 0 Å². The summed E-state index contributed by atoms with van der Waals surface area (Å²) in [7, 11) is 3.14. The Morgan fingerprint density at radius 2 is 1.80 bits per heavy atom. The Morgan fingerprint density at radius 1 is 1.07 bits per heavy atom. The summed E-state index contributed by atoms with van der Waals surface area (Å²) in [6.45, 7) is 8.17. The maximum absolute atomic E-state index is 13.9. The second kappa shape index (κ2) is 13.0. The van der Waals surface area contributed by atoms with Crippen LogP contribution in [0.15, 0.2) is 63.5 Å². The number of benzene rings is 2. The normalized spacial score (nSPS) is 15.1. The van der Waals surface area contributed by atoms with E-state index in [0.29, 0.717) is 38.7 Å². The molecule has 0 saturated carbocycles. The van der Waals surface area contributed by atoms with Crippen LogP contribution < -0.4 is 29.1 Å². The van der Waals surface area contributed by atoms with E-state index in [4.69, 9.17) is 18.9 Å². The molecule has 0 spiro atoms.